The van der Waals surface area contributed by atoms with E-state index in [4.69, 9.17) is 5.14 Å². The second-order valence-electron chi connectivity index (χ2n) is 8.03. The number of fused-ring (bicyclic) bond motifs is 3. The third-order valence-corrected chi connectivity index (χ3v) is 7.74. The van der Waals surface area contributed by atoms with Crippen molar-refractivity contribution < 1.29 is 8.42 Å². The number of aromatic nitrogens is 5. The molecule has 0 amide bonds. The Morgan fingerprint density at radius 3 is 2.78 bits per heavy atom. The minimum atomic E-state index is -3.60. The van der Waals surface area contributed by atoms with Gasteiger partial charge in [0.1, 0.15) is 5.82 Å². The predicted molar refractivity (Wildman–Crippen MR) is 104 cm³/mol. The number of sulfonamides is 1. The Kier molecular flexibility index (Phi) is 4.46. The normalized spacial score (nSPS) is 25.0. The van der Waals surface area contributed by atoms with Crippen molar-refractivity contribution in [3.63, 3.8) is 0 Å². The predicted octanol–water partition coefficient (Wildman–Crippen LogP) is 2.44. The molecule has 1 saturated carbocycles. The summed E-state index contributed by atoms with van der Waals surface area (Å²) in [5, 5.41) is 13.9. The average Bonchev–Trinajstić information content (AvgIpc) is 3.29. The highest BCUT2D eigenvalue weighted by Gasteiger charge is 2.44. The van der Waals surface area contributed by atoms with Crippen molar-refractivity contribution in [1.29, 1.82) is 0 Å². The summed E-state index contributed by atoms with van der Waals surface area (Å²) in [7, 11) is -3.60. The van der Waals surface area contributed by atoms with Gasteiger partial charge in [0, 0.05) is 12.1 Å². The highest BCUT2D eigenvalue weighted by atomic mass is 32.2. The minimum absolute atomic E-state index is 0.0167. The minimum Gasteiger partial charge on any atom is -0.345 e. The lowest BCUT2D eigenvalue weighted by molar-refractivity contribution is 0.393. The zero-order valence-corrected chi connectivity index (χ0v) is 16.6. The van der Waals surface area contributed by atoms with E-state index in [0.717, 1.165) is 36.3 Å². The van der Waals surface area contributed by atoms with Crippen molar-refractivity contribution >= 4 is 26.8 Å². The van der Waals surface area contributed by atoms with Gasteiger partial charge in [-0.15, -0.1) is 10.2 Å². The fraction of sp³-hybridized carbons (Fsp3) is 0.611. The van der Waals surface area contributed by atoms with Crippen molar-refractivity contribution in [1.82, 2.24) is 24.6 Å². The molecule has 1 unspecified atom stereocenters. The van der Waals surface area contributed by atoms with Crippen molar-refractivity contribution in [2.45, 2.75) is 51.2 Å². The van der Waals surface area contributed by atoms with Crippen LogP contribution in [-0.2, 0) is 10.0 Å². The topological polar surface area (TPSA) is 119 Å². The SMILES string of the molecule is CC[C@@H]1C[C@H](C(C(C)C)S(N)(=O)=O)C[C@@H]1c1nnc2cnc3[nH]ccc3n12. The van der Waals surface area contributed by atoms with E-state index < -0.39 is 15.3 Å². The molecule has 3 aromatic rings. The van der Waals surface area contributed by atoms with E-state index in [1.165, 1.54) is 0 Å². The highest BCUT2D eigenvalue weighted by Crippen LogP contribution is 2.47. The smallest absolute Gasteiger partial charge is 0.212 e. The fourth-order valence-electron chi connectivity index (χ4n) is 5.03. The monoisotopic (exact) mass is 390 g/mol. The number of H-pyrrole nitrogens is 1. The molecular weight excluding hydrogens is 364 g/mol. The molecule has 4 rings (SSSR count). The first-order valence-corrected chi connectivity index (χ1v) is 11.1. The first kappa shape index (κ1) is 18.4. The summed E-state index contributed by atoms with van der Waals surface area (Å²) in [6, 6.07) is 1.97. The first-order valence-electron chi connectivity index (χ1n) is 9.50. The van der Waals surface area contributed by atoms with Gasteiger partial charge in [-0.25, -0.2) is 18.5 Å². The van der Waals surface area contributed by atoms with Crippen molar-refractivity contribution in [3.05, 3.63) is 24.3 Å². The Balaban J connectivity index is 1.78. The van der Waals surface area contributed by atoms with Crippen LogP contribution >= 0.6 is 0 Å². The van der Waals surface area contributed by atoms with Gasteiger partial charge in [0.05, 0.1) is 17.0 Å². The van der Waals surface area contributed by atoms with Gasteiger partial charge in [0.25, 0.3) is 0 Å². The number of aromatic amines is 1. The van der Waals surface area contributed by atoms with E-state index in [1.807, 2.05) is 26.1 Å². The number of nitrogens with zero attached hydrogens (tertiary/aromatic N) is 4. The maximum atomic E-state index is 12.2. The molecule has 0 aliphatic heterocycles. The van der Waals surface area contributed by atoms with Gasteiger partial charge in [-0.1, -0.05) is 27.2 Å². The molecule has 3 N–H and O–H groups in total. The zero-order chi connectivity index (χ0) is 19.3. The summed E-state index contributed by atoms with van der Waals surface area (Å²) in [5.41, 5.74) is 2.44. The molecular formula is C18H26N6O2S. The quantitative estimate of drug-likeness (QED) is 0.693. The van der Waals surface area contributed by atoms with Crippen LogP contribution < -0.4 is 5.14 Å². The molecule has 0 bridgehead atoms. The van der Waals surface area contributed by atoms with Gasteiger partial charge in [0.15, 0.2) is 11.3 Å². The van der Waals surface area contributed by atoms with Crippen LogP contribution in [0.5, 0.6) is 0 Å². The van der Waals surface area contributed by atoms with Crippen LogP contribution in [0.25, 0.3) is 16.8 Å². The summed E-state index contributed by atoms with van der Waals surface area (Å²) < 4.78 is 26.5. The number of primary sulfonamides is 1. The van der Waals surface area contributed by atoms with Gasteiger partial charge in [-0.2, -0.15) is 0 Å². The zero-order valence-electron chi connectivity index (χ0n) is 15.8. The van der Waals surface area contributed by atoms with E-state index in [1.54, 1.807) is 6.20 Å². The number of hydrogen-bond acceptors (Lipinski definition) is 5. The molecule has 3 heterocycles. The van der Waals surface area contributed by atoms with Crippen LogP contribution in [-0.4, -0.2) is 38.2 Å². The number of nitrogens with two attached hydrogens (primary N) is 1. The third-order valence-electron chi connectivity index (χ3n) is 6.06. The molecule has 0 radical (unpaired) electrons. The maximum Gasteiger partial charge on any atom is 0.212 e. The van der Waals surface area contributed by atoms with Gasteiger partial charge >= 0.3 is 0 Å². The lowest BCUT2D eigenvalue weighted by Gasteiger charge is -2.25. The second-order valence-corrected chi connectivity index (χ2v) is 9.75. The molecule has 4 atom stereocenters. The van der Waals surface area contributed by atoms with Crippen LogP contribution in [0.4, 0.5) is 0 Å². The van der Waals surface area contributed by atoms with Gasteiger partial charge in [-0.05, 0) is 36.7 Å². The maximum absolute atomic E-state index is 12.2. The Morgan fingerprint density at radius 1 is 1.33 bits per heavy atom. The van der Waals surface area contributed by atoms with E-state index >= 15 is 0 Å². The van der Waals surface area contributed by atoms with Crippen molar-refractivity contribution in [2.75, 3.05) is 0 Å². The van der Waals surface area contributed by atoms with Gasteiger partial charge in [0.2, 0.25) is 10.0 Å². The summed E-state index contributed by atoms with van der Waals surface area (Å²) in [6.45, 7) is 6.02. The number of rotatable bonds is 5. The summed E-state index contributed by atoms with van der Waals surface area (Å²) in [5.74, 6) is 1.41. The standard InChI is InChI=1S/C18H26N6O2S/c1-4-11-7-12(16(10(2)3)27(19,25)26)8-13(11)18-23-22-15-9-21-17-14(24(15)18)5-6-20-17/h5-6,9-13,16,20H,4,7-8H2,1-3H3,(H2,19,25,26)/t11-,12+,13+,16?/m1/s1. The molecule has 0 saturated heterocycles. The van der Waals surface area contributed by atoms with Crippen LogP contribution in [0, 0.1) is 17.8 Å². The van der Waals surface area contributed by atoms with Gasteiger partial charge in [-0.3, -0.25) is 4.40 Å². The summed E-state index contributed by atoms with van der Waals surface area (Å²) in [4.78, 5) is 7.50. The molecule has 1 fully saturated rings. The number of nitrogens with one attached hydrogen (secondary N) is 1. The highest BCUT2D eigenvalue weighted by molar-refractivity contribution is 7.89. The first-order chi connectivity index (χ1) is 12.8. The largest absolute Gasteiger partial charge is 0.345 e. The lowest BCUT2D eigenvalue weighted by Crippen LogP contribution is -2.38. The van der Waals surface area contributed by atoms with Crippen molar-refractivity contribution in [2.24, 2.45) is 22.9 Å². The summed E-state index contributed by atoms with van der Waals surface area (Å²) in [6.07, 6.45) is 6.13. The molecule has 27 heavy (non-hydrogen) atoms. The van der Waals surface area contributed by atoms with Crippen LogP contribution in [0.1, 0.15) is 51.8 Å². The molecule has 1 aliphatic rings. The Hall–Kier alpha value is -2.00. The van der Waals surface area contributed by atoms with E-state index in [2.05, 4.69) is 31.5 Å². The molecule has 3 aromatic heterocycles. The van der Waals surface area contributed by atoms with Crippen molar-refractivity contribution in [3.8, 4) is 0 Å². The molecule has 0 spiro atoms. The molecule has 0 aromatic carbocycles. The second kappa shape index (κ2) is 6.56. The number of hydrogen-bond donors (Lipinski definition) is 2. The van der Waals surface area contributed by atoms with Gasteiger partial charge < -0.3 is 4.98 Å². The third kappa shape index (κ3) is 3.02. The van der Waals surface area contributed by atoms with Crippen LogP contribution in [0.15, 0.2) is 18.5 Å². The Morgan fingerprint density at radius 2 is 2.11 bits per heavy atom. The van der Waals surface area contributed by atoms with E-state index in [9.17, 15) is 8.42 Å². The Bertz CT molecular complexity index is 1070. The molecule has 146 valence electrons. The van der Waals surface area contributed by atoms with Crippen LogP contribution in [0.3, 0.4) is 0 Å². The van der Waals surface area contributed by atoms with E-state index in [0.29, 0.717) is 11.6 Å². The molecule has 8 nitrogen and oxygen atoms in total. The summed E-state index contributed by atoms with van der Waals surface area (Å²) >= 11 is 0. The van der Waals surface area contributed by atoms with Crippen LogP contribution in [0.2, 0.25) is 0 Å². The Labute approximate surface area is 158 Å². The van der Waals surface area contributed by atoms with E-state index in [-0.39, 0.29) is 17.8 Å². The fourth-order valence-corrected chi connectivity index (χ4v) is 6.55. The molecule has 1 aliphatic carbocycles. The average molecular weight is 391 g/mol. The molecule has 9 heteroatoms. The lowest BCUT2D eigenvalue weighted by atomic mass is 9.93.